The second-order valence-electron chi connectivity index (χ2n) is 4.61. The highest BCUT2D eigenvalue weighted by atomic mass is 35.5. The number of nitro groups is 1. The first-order valence-corrected chi connectivity index (χ1v) is 6.70. The van der Waals surface area contributed by atoms with Gasteiger partial charge in [0.2, 0.25) is 6.54 Å². The van der Waals surface area contributed by atoms with Gasteiger partial charge in [-0.15, -0.1) is 5.10 Å². The van der Waals surface area contributed by atoms with Crippen molar-refractivity contribution in [3.63, 3.8) is 0 Å². The van der Waals surface area contributed by atoms with Crippen molar-refractivity contribution in [1.29, 1.82) is 0 Å². The lowest BCUT2D eigenvalue weighted by Crippen LogP contribution is -2.21. The molecule has 0 bridgehead atoms. The Morgan fingerprint density at radius 1 is 1.19 bits per heavy atom. The normalized spacial score (nSPS) is 12.4. The molecular weight excluding hydrogens is 292 g/mol. The van der Waals surface area contributed by atoms with Crippen LogP contribution in [0.4, 0.5) is 0 Å². The fourth-order valence-electron chi connectivity index (χ4n) is 2.27. The highest BCUT2D eigenvalue weighted by molar-refractivity contribution is 6.30. The SMILES string of the molecule is O=[N+]([O-])C[C@H](c1ccc(Cl)cc1)n1nnc2ccccc21. The second kappa shape index (κ2) is 5.49. The van der Waals surface area contributed by atoms with E-state index < -0.39 is 6.04 Å². The van der Waals surface area contributed by atoms with Gasteiger partial charge in [-0.05, 0) is 29.8 Å². The zero-order valence-corrected chi connectivity index (χ0v) is 11.6. The summed E-state index contributed by atoms with van der Waals surface area (Å²) < 4.78 is 1.58. The molecule has 106 valence electrons. The summed E-state index contributed by atoms with van der Waals surface area (Å²) in [5, 5.41) is 19.7. The molecule has 3 aromatic rings. The van der Waals surface area contributed by atoms with Gasteiger partial charge in [-0.1, -0.05) is 41.1 Å². The number of rotatable bonds is 4. The molecule has 3 rings (SSSR count). The summed E-state index contributed by atoms with van der Waals surface area (Å²) >= 11 is 5.87. The summed E-state index contributed by atoms with van der Waals surface area (Å²) in [5.74, 6) is 0. The Morgan fingerprint density at radius 2 is 1.90 bits per heavy atom. The Labute approximate surface area is 125 Å². The van der Waals surface area contributed by atoms with Crippen molar-refractivity contribution in [2.45, 2.75) is 6.04 Å². The van der Waals surface area contributed by atoms with Crippen LogP contribution >= 0.6 is 11.6 Å². The lowest BCUT2D eigenvalue weighted by Gasteiger charge is -2.14. The molecule has 0 aliphatic rings. The predicted octanol–water partition coefficient (Wildman–Crippen LogP) is 2.95. The number of halogens is 1. The van der Waals surface area contributed by atoms with Crippen LogP contribution in [0.15, 0.2) is 48.5 Å². The number of benzene rings is 2. The zero-order valence-electron chi connectivity index (χ0n) is 10.9. The molecule has 0 saturated heterocycles. The average molecular weight is 303 g/mol. The van der Waals surface area contributed by atoms with Gasteiger partial charge in [-0.3, -0.25) is 10.1 Å². The van der Waals surface area contributed by atoms with Crippen molar-refractivity contribution in [3.8, 4) is 0 Å². The van der Waals surface area contributed by atoms with Crippen molar-refractivity contribution in [2.75, 3.05) is 6.54 Å². The van der Waals surface area contributed by atoms with Gasteiger partial charge in [0.15, 0.2) is 0 Å². The van der Waals surface area contributed by atoms with E-state index in [9.17, 15) is 10.1 Å². The molecule has 1 atom stereocenters. The largest absolute Gasteiger partial charge is 0.264 e. The minimum atomic E-state index is -0.523. The van der Waals surface area contributed by atoms with Gasteiger partial charge in [0.05, 0.1) is 5.52 Å². The van der Waals surface area contributed by atoms with Gasteiger partial charge in [-0.25, -0.2) is 4.68 Å². The standard InChI is InChI=1S/C14H11ClN4O2/c15-11-7-5-10(6-8-11)14(9-18(20)21)19-13-4-2-1-3-12(13)16-17-19/h1-8,14H,9H2/t14-/m1/s1. The van der Waals surface area contributed by atoms with Crippen LogP contribution in [0.3, 0.4) is 0 Å². The van der Waals surface area contributed by atoms with Crippen LogP contribution in [0.2, 0.25) is 5.02 Å². The third-order valence-electron chi connectivity index (χ3n) is 3.25. The summed E-state index contributed by atoms with van der Waals surface area (Å²) in [6.07, 6.45) is 0. The molecule has 0 aliphatic heterocycles. The lowest BCUT2D eigenvalue weighted by molar-refractivity contribution is -0.484. The van der Waals surface area contributed by atoms with Crippen LogP contribution in [0, 0.1) is 10.1 Å². The molecule has 0 radical (unpaired) electrons. The summed E-state index contributed by atoms with van der Waals surface area (Å²) in [7, 11) is 0. The van der Waals surface area contributed by atoms with E-state index in [1.807, 2.05) is 24.3 Å². The quantitative estimate of drug-likeness (QED) is 0.548. The first-order valence-electron chi connectivity index (χ1n) is 6.32. The maximum Gasteiger partial charge on any atom is 0.230 e. The third-order valence-corrected chi connectivity index (χ3v) is 3.50. The molecule has 21 heavy (non-hydrogen) atoms. The Kier molecular flexibility index (Phi) is 3.53. The van der Waals surface area contributed by atoms with E-state index in [1.165, 1.54) is 0 Å². The van der Waals surface area contributed by atoms with Gasteiger partial charge in [-0.2, -0.15) is 0 Å². The fraction of sp³-hybridized carbons (Fsp3) is 0.143. The van der Waals surface area contributed by atoms with E-state index in [0.717, 1.165) is 11.1 Å². The molecule has 0 N–H and O–H groups in total. The monoisotopic (exact) mass is 302 g/mol. The van der Waals surface area contributed by atoms with Gasteiger partial charge in [0.25, 0.3) is 0 Å². The first kappa shape index (κ1) is 13.5. The topological polar surface area (TPSA) is 73.8 Å². The molecule has 2 aromatic carbocycles. The number of fused-ring (bicyclic) bond motifs is 1. The van der Waals surface area contributed by atoms with Gasteiger partial charge in [0.1, 0.15) is 11.6 Å². The van der Waals surface area contributed by atoms with E-state index in [4.69, 9.17) is 11.6 Å². The number of aromatic nitrogens is 3. The zero-order chi connectivity index (χ0) is 14.8. The molecule has 1 heterocycles. The third kappa shape index (κ3) is 2.71. The minimum Gasteiger partial charge on any atom is -0.264 e. The van der Waals surface area contributed by atoms with Crippen LogP contribution < -0.4 is 0 Å². The van der Waals surface area contributed by atoms with Crippen LogP contribution in [-0.2, 0) is 0 Å². The van der Waals surface area contributed by atoms with E-state index in [1.54, 1.807) is 28.9 Å². The summed E-state index contributed by atoms with van der Waals surface area (Å²) in [5.41, 5.74) is 2.24. The molecule has 0 unspecified atom stereocenters. The minimum absolute atomic E-state index is 0.269. The Bertz CT molecular complexity index is 785. The number of nitrogens with zero attached hydrogens (tertiary/aromatic N) is 4. The van der Waals surface area contributed by atoms with Crippen molar-refractivity contribution in [2.24, 2.45) is 0 Å². The van der Waals surface area contributed by atoms with Crippen LogP contribution in [0.25, 0.3) is 11.0 Å². The van der Waals surface area contributed by atoms with Gasteiger partial charge < -0.3 is 0 Å². The van der Waals surface area contributed by atoms with E-state index in [-0.39, 0.29) is 11.5 Å². The Balaban J connectivity index is 2.11. The van der Waals surface area contributed by atoms with Crippen LogP contribution in [-0.4, -0.2) is 26.5 Å². The summed E-state index contributed by atoms with van der Waals surface area (Å²) in [6.45, 7) is -0.269. The predicted molar refractivity (Wildman–Crippen MR) is 79.0 cm³/mol. The number of hydrogen-bond donors (Lipinski definition) is 0. The van der Waals surface area contributed by atoms with Crippen LogP contribution in [0.5, 0.6) is 0 Å². The molecular formula is C14H11ClN4O2. The van der Waals surface area contributed by atoms with Crippen molar-refractivity contribution < 1.29 is 4.92 Å². The van der Waals surface area contributed by atoms with Crippen LogP contribution in [0.1, 0.15) is 11.6 Å². The maximum atomic E-state index is 11.0. The van der Waals surface area contributed by atoms with Crippen molar-refractivity contribution in [3.05, 3.63) is 69.2 Å². The molecule has 0 saturated carbocycles. The van der Waals surface area contributed by atoms with Crippen molar-refractivity contribution >= 4 is 22.6 Å². The molecule has 1 aromatic heterocycles. The first-order chi connectivity index (χ1) is 10.1. The molecule has 7 heteroatoms. The fourth-order valence-corrected chi connectivity index (χ4v) is 2.39. The highest BCUT2D eigenvalue weighted by Gasteiger charge is 2.23. The van der Waals surface area contributed by atoms with E-state index in [0.29, 0.717) is 10.5 Å². The Morgan fingerprint density at radius 3 is 2.62 bits per heavy atom. The lowest BCUT2D eigenvalue weighted by atomic mass is 10.1. The number of hydrogen-bond acceptors (Lipinski definition) is 4. The highest BCUT2D eigenvalue weighted by Crippen LogP contribution is 2.23. The molecule has 0 aliphatic carbocycles. The number of para-hydroxylation sites is 1. The van der Waals surface area contributed by atoms with Gasteiger partial charge in [0, 0.05) is 9.95 Å². The van der Waals surface area contributed by atoms with E-state index in [2.05, 4.69) is 10.3 Å². The molecule has 0 spiro atoms. The Hall–Kier alpha value is -2.47. The average Bonchev–Trinajstić information content (AvgIpc) is 2.89. The molecule has 6 nitrogen and oxygen atoms in total. The second-order valence-corrected chi connectivity index (χ2v) is 5.04. The molecule has 0 fully saturated rings. The maximum absolute atomic E-state index is 11.0. The molecule has 0 amide bonds. The summed E-state index contributed by atoms with van der Waals surface area (Å²) in [4.78, 5) is 10.6. The smallest absolute Gasteiger partial charge is 0.230 e. The van der Waals surface area contributed by atoms with Crippen molar-refractivity contribution in [1.82, 2.24) is 15.0 Å². The van der Waals surface area contributed by atoms with E-state index >= 15 is 0 Å². The van der Waals surface area contributed by atoms with Gasteiger partial charge >= 0.3 is 0 Å². The summed E-state index contributed by atoms with van der Waals surface area (Å²) in [6, 6.07) is 13.8.